The van der Waals surface area contributed by atoms with Crippen LogP contribution in [0, 0.1) is 11.3 Å². The maximum atomic E-state index is 4.67. The van der Waals surface area contributed by atoms with E-state index < -0.39 is 0 Å². The van der Waals surface area contributed by atoms with Crippen LogP contribution in [0.15, 0.2) is 18.3 Å². The molecule has 1 aromatic rings. The van der Waals surface area contributed by atoms with Gasteiger partial charge in [0.25, 0.3) is 0 Å². The van der Waals surface area contributed by atoms with Crippen molar-refractivity contribution in [2.24, 2.45) is 11.3 Å². The number of piperidine rings is 1. The lowest BCUT2D eigenvalue weighted by molar-refractivity contribution is 0.366. The first-order valence-corrected chi connectivity index (χ1v) is 8.51. The van der Waals surface area contributed by atoms with Crippen LogP contribution in [-0.2, 0) is 0 Å². The van der Waals surface area contributed by atoms with Gasteiger partial charge in [0.1, 0.15) is 5.82 Å². The molecule has 1 saturated heterocycles. The van der Waals surface area contributed by atoms with Crippen molar-refractivity contribution in [2.75, 3.05) is 23.3 Å². The van der Waals surface area contributed by atoms with Crippen molar-refractivity contribution in [2.45, 2.75) is 58.9 Å². The maximum absolute atomic E-state index is 4.67. The minimum absolute atomic E-state index is 0.470. The smallest absolute Gasteiger partial charge is 0.128 e. The van der Waals surface area contributed by atoms with E-state index in [9.17, 15) is 0 Å². The van der Waals surface area contributed by atoms with E-state index in [1.165, 1.54) is 37.8 Å². The number of hydrogen-bond acceptors (Lipinski definition) is 3. The highest BCUT2D eigenvalue weighted by molar-refractivity contribution is 5.49. The van der Waals surface area contributed by atoms with Crippen LogP contribution in [-0.4, -0.2) is 24.1 Å². The molecule has 2 unspecified atom stereocenters. The van der Waals surface area contributed by atoms with E-state index in [-0.39, 0.29) is 0 Å². The van der Waals surface area contributed by atoms with Gasteiger partial charge in [-0.1, -0.05) is 20.8 Å². The van der Waals surface area contributed by atoms with Gasteiger partial charge >= 0.3 is 0 Å². The van der Waals surface area contributed by atoms with Gasteiger partial charge < -0.3 is 10.2 Å². The number of nitrogens with one attached hydrogen (secondary N) is 1. The molecule has 21 heavy (non-hydrogen) atoms. The van der Waals surface area contributed by atoms with E-state index in [0.29, 0.717) is 11.5 Å². The molecule has 2 aliphatic rings. The topological polar surface area (TPSA) is 28.2 Å². The fraction of sp³-hybridized carbons (Fsp3) is 0.722. The van der Waals surface area contributed by atoms with Crippen molar-refractivity contribution in [3.8, 4) is 0 Å². The van der Waals surface area contributed by atoms with Gasteiger partial charge in [0, 0.05) is 19.1 Å². The standard InChI is InChI=1S/C18H29N3/c1-14-11-18(2,3)12-16(14)20-15-7-8-17(19-13-15)21-9-5-4-6-10-21/h7-8,13-14,16,20H,4-6,9-12H2,1-3H3. The molecular weight excluding hydrogens is 258 g/mol. The molecule has 0 aromatic carbocycles. The summed E-state index contributed by atoms with van der Waals surface area (Å²) in [5, 5.41) is 3.70. The minimum Gasteiger partial charge on any atom is -0.381 e. The van der Waals surface area contributed by atoms with Crippen LogP contribution in [0.4, 0.5) is 11.5 Å². The van der Waals surface area contributed by atoms with Crippen LogP contribution in [0.1, 0.15) is 52.9 Å². The van der Waals surface area contributed by atoms with Gasteiger partial charge in [0.05, 0.1) is 11.9 Å². The highest BCUT2D eigenvalue weighted by atomic mass is 15.2. The summed E-state index contributed by atoms with van der Waals surface area (Å²) in [7, 11) is 0. The predicted octanol–water partition coefficient (Wildman–Crippen LogP) is 4.31. The number of rotatable bonds is 3. The quantitative estimate of drug-likeness (QED) is 0.898. The Balaban J connectivity index is 1.62. The first-order chi connectivity index (χ1) is 10.0. The Labute approximate surface area is 129 Å². The van der Waals surface area contributed by atoms with Crippen LogP contribution in [0.3, 0.4) is 0 Å². The van der Waals surface area contributed by atoms with E-state index >= 15 is 0 Å². The number of anilines is 2. The minimum atomic E-state index is 0.470. The van der Waals surface area contributed by atoms with Crippen molar-refractivity contribution in [3.63, 3.8) is 0 Å². The van der Waals surface area contributed by atoms with Gasteiger partial charge in [0.2, 0.25) is 0 Å². The molecule has 3 heteroatoms. The summed E-state index contributed by atoms with van der Waals surface area (Å²) in [4.78, 5) is 7.08. The molecule has 0 spiro atoms. The fourth-order valence-corrected chi connectivity index (χ4v) is 4.08. The third-order valence-electron chi connectivity index (χ3n) is 5.11. The molecule has 3 rings (SSSR count). The van der Waals surface area contributed by atoms with Gasteiger partial charge in [0.15, 0.2) is 0 Å². The molecule has 1 aromatic heterocycles. The van der Waals surface area contributed by atoms with Crippen molar-refractivity contribution in [1.29, 1.82) is 0 Å². The average Bonchev–Trinajstić information content (AvgIpc) is 2.73. The molecule has 116 valence electrons. The highest BCUT2D eigenvalue weighted by Crippen LogP contribution is 2.42. The van der Waals surface area contributed by atoms with Gasteiger partial charge in [-0.15, -0.1) is 0 Å². The number of aromatic nitrogens is 1. The van der Waals surface area contributed by atoms with Gasteiger partial charge in [-0.2, -0.15) is 0 Å². The molecule has 2 atom stereocenters. The summed E-state index contributed by atoms with van der Waals surface area (Å²) in [5.41, 5.74) is 1.64. The first-order valence-electron chi connectivity index (χ1n) is 8.51. The Hall–Kier alpha value is -1.25. The van der Waals surface area contributed by atoms with Crippen LogP contribution >= 0.6 is 0 Å². The molecule has 3 nitrogen and oxygen atoms in total. The largest absolute Gasteiger partial charge is 0.381 e. The highest BCUT2D eigenvalue weighted by Gasteiger charge is 2.36. The van der Waals surface area contributed by atoms with Crippen molar-refractivity contribution in [3.05, 3.63) is 18.3 Å². The summed E-state index contributed by atoms with van der Waals surface area (Å²) in [6, 6.07) is 4.97. The third-order valence-corrected chi connectivity index (χ3v) is 5.11. The van der Waals surface area contributed by atoms with E-state index in [1.807, 2.05) is 6.20 Å². The summed E-state index contributed by atoms with van der Waals surface area (Å²) >= 11 is 0. The lowest BCUT2D eigenvalue weighted by atomic mass is 9.91. The Bertz CT molecular complexity index is 460. The zero-order valence-corrected chi connectivity index (χ0v) is 13.7. The number of pyridine rings is 1. The Morgan fingerprint density at radius 2 is 1.90 bits per heavy atom. The second-order valence-electron chi connectivity index (χ2n) is 7.75. The lowest BCUT2D eigenvalue weighted by Gasteiger charge is -2.28. The summed E-state index contributed by atoms with van der Waals surface area (Å²) < 4.78 is 0. The molecule has 1 aliphatic heterocycles. The Morgan fingerprint density at radius 3 is 2.48 bits per heavy atom. The van der Waals surface area contributed by atoms with Gasteiger partial charge in [-0.3, -0.25) is 0 Å². The van der Waals surface area contributed by atoms with E-state index in [2.05, 4.69) is 48.1 Å². The molecule has 0 bridgehead atoms. The molecule has 1 N–H and O–H groups in total. The van der Waals surface area contributed by atoms with E-state index in [1.54, 1.807) is 0 Å². The monoisotopic (exact) mass is 287 g/mol. The molecule has 2 fully saturated rings. The molecule has 1 aliphatic carbocycles. The second kappa shape index (κ2) is 5.86. The average molecular weight is 287 g/mol. The summed E-state index contributed by atoms with van der Waals surface area (Å²) in [5.74, 6) is 1.88. The summed E-state index contributed by atoms with van der Waals surface area (Å²) in [6.45, 7) is 9.44. The zero-order valence-electron chi connectivity index (χ0n) is 13.7. The van der Waals surface area contributed by atoms with Gasteiger partial charge in [-0.05, 0) is 55.6 Å². The van der Waals surface area contributed by atoms with Crippen molar-refractivity contribution >= 4 is 11.5 Å². The Kier molecular flexibility index (Phi) is 4.10. The molecule has 2 heterocycles. The number of nitrogens with zero attached hydrogens (tertiary/aromatic N) is 2. The predicted molar refractivity (Wildman–Crippen MR) is 89.9 cm³/mol. The normalized spacial score (nSPS) is 28.6. The van der Waals surface area contributed by atoms with E-state index in [0.717, 1.165) is 24.8 Å². The Morgan fingerprint density at radius 1 is 1.14 bits per heavy atom. The second-order valence-corrected chi connectivity index (χ2v) is 7.75. The SMILES string of the molecule is CC1CC(C)(C)CC1Nc1ccc(N2CCCCC2)nc1. The fourth-order valence-electron chi connectivity index (χ4n) is 4.08. The molecule has 1 saturated carbocycles. The maximum Gasteiger partial charge on any atom is 0.128 e. The molecule has 0 amide bonds. The van der Waals surface area contributed by atoms with Crippen molar-refractivity contribution in [1.82, 2.24) is 4.98 Å². The molecular formula is C18H29N3. The third kappa shape index (κ3) is 3.50. The van der Waals surface area contributed by atoms with Crippen molar-refractivity contribution < 1.29 is 0 Å². The summed E-state index contributed by atoms with van der Waals surface area (Å²) in [6.07, 6.45) is 8.55. The zero-order chi connectivity index (χ0) is 14.9. The molecule has 0 radical (unpaired) electrons. The van der Waals surface area contributed by atoms with Crippen LogP contribution in [0.5, 0.6) is 0 Å². The number of hydrogen-bond donors (Lipinski definition) is 1. The van der Waals surface area contributed by atoms with Crippen LogP contribution < -0.4 is 10.2 Å². The first kappa shape index (κ1) is 14.7. The van der Waals surface area contributed by atoms with Crippen LogP contribution in [0.25, 0.3) is 0 Å². The van der Waals surface area contributed by atoms with Crippen LogP contribution in [0.2, 0.25) is 0 Å². The lowest BCUT2D eigenvalue weighted by Crippen LogP contribution is -2.30. The van der Waals surface area contributed by atoms with E-state index in [4.69, 9.17) is 0 Å². The van der Waals surface area contributed by atoms with Gasteiger partial charge in [-0.25, -0.2) is 4.98 Å².